The second-order valence-corrected chi connectivity index (χ2v) is 6.25. The highest BCUT2D eigenvalue weighted by Crippen LogP contribution is 2.37. The van der Waals surface area contributed by atoms with E-state index in [2.05, 4.69) is 29.8 Å². The number of hydrogen-bond donors (Lipinski definition) is 1. The Morgan fingerprint density at radius 3 is 2.67 bits per heavy atom. The Balaban J connectivity index is 1.99. The number of benzene rings is 1. The van der Waals surface area contributed by atoms with Gasteiger partial charge in [-0.15, -0.1) is 11.3 Å². The van der Waals surface area contributed by atoms with Crippen molar-refractivity contribution in [3.05, 3.63) is 45.1 Å². The Hall–Kier alpha value is -1.23. The molecule has 0 spiro atoms. The second-order valence-electron chi connectivity index (χ2n) is 4.84. The van der Waals surface area contributed by atoms with E-state index in [0.29, 0.717) is 29.1 Å². The maximum Gasteiger partial charge on any atom is 0.179 e. The van der Waals surface area contributed by atoms with E-state index in [-0.39, 0.29) is 0 Å². The number of thiophene rings is 1. The second kappa shape index (κ2) is 7.69. The van der Waals surface area contributed by atoms with Gasteiger partial charge in [-0.2, -0.15) is 0 Å². The van der Waals surface area contributed by atoms with Crippen molar-refractivity contribution in [2.75, 3.05) is 14.2 Å². The molecule has 0 aliphatic heterocycles. The third-order valence-corrected chi connectivity index (χ3v) is 4.61. The average Bonchev–Trinajstić information content (AvgIpc) is 2.98. The third-order valence-electron chi connectivity index (χ3n) is 3.29. The molecule has 0 bridgehead atoms. The minimum absolute atomic E-state index is 0.382. The van der Waals surface area contributed by atoms with E-state index in [9.17, 15) is 0 Å². The van der Waals surface area contributed by atoms with Gasteiger partial charge in [0.1, 0.15) is 0 Å². The third kappa shape index (κ3) is 4.13. The van der Waals surface area contributed by atoms with E-state index in [1.165, 1.54) is 4.88 Å². The van der Waals surface area contributed by atoms with Crippen molar-refractivity contribution < 1.29 is 9.47 Å². The molecule has 5 heteroatoms. The molecule has 1 N–H and O–H groups in total. The van der Waals surface area contributed by atoms with Crippen molar-refractivity contribution in [2.45, 2.75) is 25.9 Å². The fraction of sp³-hybridized carbons (Fsp3) is 0.375. The molecule has 0 amide bonds. The maximum atomic E-state index is 6.38. The van der Waals surface area contributed by atoms with Crippen molar-refractivity contribution in [2.24, 2.45) is 0 Å². The Morgan fingerprint density at radius 1 is 1.24 bits per heavy atom. The van der Waals surface area contributed by atoms with Gasteiger partial charge in [-0.25, -0.2) is 0 Å². The first-order chi connectivity index (χ1) is 10.2. The molecular formula is C16H20ClNO2S. The fourth-order valence-corrected chi connectivity index (χ4v) is 3.29. The van der Waals surface area contributed by atoms with Crippen molar-refractivity contribution in [3.8, 4) is 11.5 Å². The Morgan fingerprint density at radius 2 is 2.05 bits per heavy atom. The summed E-state index contributed by atoms with van der Waals surface area (Å²) in [5, 5.41) is 6.20. The average molecular weight is 326 g/mol. The van der Waals surface area contributed by atoms with Crippen LogP contribution < -0.4 is 14.8 Å². The molecule has 1 heterocycles. The highest BCUT2D eigenvalue weighted by atomic mass is 35.5. The Bertz CT molecular complexity index is 572. The molecule has 0 saturated heterocycles. The standard InChI is InChI=1S/C16H20ClNO2S/c1-11(9-13-5-4-8-21-13)18-10-12-6-7-14(19-2)16(20-3)15(12)17/h4-8,11,18H,9-10H2,1-3H3. The van der Waals surface area contributed by atoms with Crippen LogP contribution in [0, 0.1) is 0 Å². The lowest BCUT2D eigenvalue weighted by atomic mass is 10.1. The number of methoxy groups -OCH3 is 2. The number of rotatable bonds is 7. The van der Waals surface area contributed by atoms with Crippen LogP contribution in [0.5, 0.6) is 11.5 Å². The molecular weight excluding hydrogens is 306 g/mol. The van der Waals surface area contributed by atoms with Crippen LogP contribution >= 0.6 is 22.9 Å². The predicted octanol–water partition coefficient (Wildman–Crippen LogP) is 4.14. The lowest BCUT2D eigenvalue weighted by molar-refractivity contribution is 0.354. The summed E-state index contributed by atoms with van der Waals surface area (Å²) >= 11 is 8.16. The number of halogens is 1. The summed E-state index contributed by atoms with van der Waals surface area (Å²) in [6.45, 7) is 2.88. The SMILES string of the molecule is COc1ccc(CNC(C)Cc2cccs2)c(Cl)c1OC. The van der Waals surface area contributed by atoms with Crippen LogP contribution in [-0.4, -0.2) is 20.3 Å². The normalized spacial score (nSPS) is 12.2. The lowest BCUT2D eigenvalue weighted by Crippen LogP contribution is -2.27. The van der Waals surface area contributed by atoms with Crippen LogP contribution in [0.4, 0.5) is 0 Å². The molecule has 0 aliphatic rings. The summed E-state index contributed by atoms with van der Waals surface area (Å²) in [5.41, 5.74) is 1.01. The van der Waals surface area contributed by atoms with Crippen LogP contribution in [0.1, 0.15) is 17.4 Å². The number of ether oxygens (including phenoxy) is 2. The summed E-state index contributed by atoms with van der Waals surface area (Å²) in [6.07, 6.45) is 1.02. The van der Waals surface area contributed by atoms with Crippen LogP contribution in [0.25, 0.3) is 0 Å². The van der Waals surface area contributed by atoms with E-state index < -0.39 is 0 Å². The van der Waals surface area contributed by atoms with E-state index in [1.807, 2.05) is 12.1 Å². The van der Waals surface area contributed by atoms with Gasteiger partial charge >= 0.3 is 0 Å². The van der Waals surface area contributed by atoms with Crippen molar-refractivity contribution in [3.63, 3.8) is 0 Å². The largest absolute Gasteiger partial charge is 0.493 e. The highest BCUT2D eigenvalue weighted by molar-refractivity contribution is 7.09. The lowest BCUT2D eigenvalue weighted by Gasteiger charge is -2.16. The number of nitrogens with one attached hydrogen (secondary N) is 1. The molecule has 1 atom stereocenters. The minimum Gasteiger partial charge on any atom is -0.493 e. The van der Waals surface area contributed by atoms with Gasteiger partial charge in [0.15, 0.2) is 11.5 Å². The van der Waals surface area contributed by atoms with Crippen LogP contribution in [0.2, 0.25) is 5.02 Å². The van der Waals surface area contributed by atoms with Gasteiger partial charge < -0.3 is 14.8 Å². The van der Waals surface area contributed by atoms with E-state index >= 15 is 0 Å². The van der Waals surface area contributed by atoms with Crippen LogP contribution in [0.3, 0.4) is 0 Å². The molecule has 2 aromatic rings. The minimum atomic E-state index is 0.382. The van der Waals surface area contributed by atoms with E-state index in [4.69, 9.17) is 21.1 Å². The zero-order valence-corrected chi connectivity index (χ0v) is 14.1. The van der Waals surface area contributed by atoms with Crippen molar-refractivity contribution in [1.82, 2.24) is 5.32 Å². The zero-order valence-electron chi connectivity index (χ0n) is 12.5. The molecule has 0 saturated carbocycles. The van der Waals surface area contributed by atoms with Gasteiger partial charge in [0, 0.05) is 17.5 Å². The molecule has 0 radical (unpaired) electrons. The van der Waals surface area contributed by atoms with Gasteiger partial charge in [0.05, 0.1) is 19.2 Å². The summed E-state index contributed by atoms with van der Waals surface area (Å²) < 4.78 is 10.6. The molecule has 0 aliphatic carbocycles. The molecule has 114 valence electrons. The topological polar surface area (TPSA) is 30.5 Å². The first-order valence-electron chi connectivity index (χ1n) is 6.80. The van der Waals surface area contributed by atoms with Crippen molar-refractivity contribution >= 4 is 22.9 Å². The van der Waals surface area contributed by atoms with Gasteiger partial charge in [-0.05, 0) is 36.4 Å². The smallest absolute Gasteiger partial charge is 0.179 e. The highest BCUT2D eigenvalue weighted by Gasteiger charge is 2.13. The first-order valence-corrected chi connectivity index (χ1v) is 8.06. The van der Waals surface area contributed by atoms with Crippen molar-refractivity contribution in [1.29, 1.82) is 0 Å². The summed E-state index contributed by atoms with van der Waals surface area (Å²) in [4.78, 5) is 1.38. The van der Waals surface area contributed by atoms with Gasteiger partial charge in [-0.1, -0.05) is 23.7 Å². The fourth-order valence-electron chi connectivity index (χ4n) is 2.15. The molecule has 1 aromatic heterocycles. The molecule has 2 rings (SSSR count). The Labute approximate surface area is 134 Å². The summed E-state index contributed by atoms with van der Waals surface area (Å²) in [5.74, 6) is 1.24. The quantitative estimate of drug-likeness (QED) is 0.830. The van der Waals surface area contributed by atoms with Crippen LogP contribution in [0.15, 0.2) is 29.6 Å². The molecule has 21 heavy (non-hydrogen) atoms. The van der Waals surface area contributed by atoms with E-state index in [1.54, 1.807) is 25.6 Å². The zero-order chi connectivity index (χ0) is 15.2. The van der Waals surface area contributed by atoms with Gasteiger partial charge in [0.2, 0.25) is 0 Å². The van der Waals surface area contributed by atoms with E-state index in [0.717, 1.165) is 12.0 Å². The number of hydrogen-bond acceptors (Lipinski definition) is 4. The summed E-state index contributed by atoms with van der Waals surface area (Å²) in [7, 11) is 3.20. The first kappa shape index (κ1) is 16.1. The van der Waals surface area contributed by atoms with Gasteiger partial charge in [-0.3, -0.25) is 0 Å². The molecule has 3 nitrogen and oxygen atoms in total. The van der Waals surface area contributed by atoms with Crippen LogP contribution in [-0.2, 0) is 13.0 Å². The maximum absolute atomic E-state index is 6.38. The monoisotopic (exact) mass is 325 g/mol. The Kier molecular flexibility index (Phi) is 5.91. The molecule has 1 aromatic carbocycles. The predicted molar refractivity (Wildman–Crippen MR) is 88.9 cm³/mol. The summed E-state index contributed by atoms with van der Waals surface area (Å²) in [6, 6.07) is 8.47. The molecule has 1 unspecified atom stereocenters. The molecule has 0 fully saturated rings. The van der Waals surface area contributed by atoms with Gasteiger partial charge in [0.25, 0.3) is 0 Å².